The average molecular weight is 380 g/mol. The zero-order chi connectivity index (χ0) is 19.2. The smallest absolute Gasteiger partial charge is 0.423 e. The van der Waals surface area contributed by atoms with E-state index in [1.54, 1.807) is 28.6 Å². The Kier molecular flexibility index (Phi) is 6.13. The Balaban J connectivity index is 1.91. The Bertz CT molecular complexity index is 917. The lowest BCUT2D eigenvalue weighted by Gasteiger charge is -2.23. The number of hydrogen-bond donors (Lipinski definition) is 2. The summed E-state index contributed by atoms with van der Waals surface area (Å²) in [6, 6.07) is 11.8. The quantitative estimate of drug-likeness (QED) is 0.479. The maximum absolute atomic E-state index is 13.1. The molecule has 3 aromatic rings. The highest BCUT2D eigenvalue weighted by molar-refractivity contribution is 7.09. The predicted molar refractivity (Wildman–Crippen MR) is 104 cm³/mol. The number of pyridine rings is 1. The van der Waals surface area contributed by atoms with Crippen molar-refractivity contribution in [3.63, 3.8) is 0 Å². The molecule has 3 rings (SSSR count). The molecule has 27 heavy (non-hydrogen) atoms. The minimum atomic E-state index is -1.77. The molecule has 2 aromatic heterocycles. The van der Waals surface area contributed by atoms with Gasteiger partial charge >= 0.3 is 7.12 Å². The van der Waals surface area contributed by atoms with E-state index in [1.807, 2.05) is 29.6 Å². The van der Waals surface area contributed by atoms with Crippen molar-refractivity contribution in [3.8, 4) is 0 Å². The lowest BCUT2D eigenvalue weighted by Crippen LogP contribution is -2.34. The third-order valence-electron chi connectivity index (χ3n) is 4.08. The van der Waals surface area contributed by atoms with E-state index < -0.39 is 7.12 Å². The fourth-order valence-electron chi connectivity index (χ4n) is 2.73. The monoisotopic (exact) mass is 380 g/mol. The molecule has 0 unspecified atom stereocenters. The molecule has 136 valence electrons. The molecule has 0 bridgehead atoms. The summed E-state index contributed by atoms with van der Waals surface area (Å²) in [5.41, 5.74) is 1.40. The topological polar surface area (TPSA) is 90.7 Å². The fourth-order valence-corrected chi connectivity index (χ4v) is 3.45. The number of rotatable bonds is 7. The highest BCUT2D eigenvalue weighted by Crippen LogP contribution is 2.17. The van der Waals surface area contributed by atoms with Crippen LogP contribution in [0.1, 0.15) is 31.2 Å². The van der Waals surface area contributed by atoms with E-state index in [2.05, 4.69) is 4.98 Å². The van der Waals surface area contributed by atoms with E-state index in [0.717, 1.165) is 10.4 Å². The highest BCUT2D eigenvalue weighted by Gasteiger charge is 2.21. The Hall–Kier alpha value is -2.81. The fraction of sp³-hybridized carbons (Fsp3) is 0.105. The van der Waals surface area contributed by atoms with Crippen molar-refractivity contribution in [2.45, 2.75) is 13.1 Å². The zero-order valence-electron chi connectivity index (χ0n) is 14.4. The number of carbonyl (C=O) groups excluding carboxylic acids is 2. The molecular formula is C19H17BN2O4S. The molecule has 0 aliphatic heterocycles. The van der Waals surface area contributed by atoms with Gasteiger partial charge in [-0.2, -0.15) is 0 Å². The summed E-state index contributed by atoms with van der Waals surface area (Å²) in [5.74, 6) is -0.248. The molecular weight excluding hydrogens is 363 g/mol. The van der Waals surface area contributed by atoms with Crippen LogP contribution < -0.4 is 5.46 Å². The Morgan fingerprint density at radius 3 is 2.56 bits per heavy atom. The second kappa shape index (κ2) is 8.72. The van der Waals surface area contributed by atoms with Gasteiger partial charge in [-0.3, -0.25) is 14.6 Å². The van der Waals surface area contributed by atoms with Crippen molar-refractivity contribution in [2.75, 3.05) is 0 Å². The maximum Gasteiger partial charge on any atom is 0.489 e. The van der Waals surface area contributed by atoms with Crippen molar-refractivity contribution in [1.82, 2.24) is 9.88 Å². The zero-order valence-corrected chi connectivity index (χ0v) is 15.2. The van der Waals surface area contributed by atoms with Gasteiger partial charge in [-0.05, 0) is 46.7 Å². The first kappa shape index (κ1) is 19.0. The summed E-state index contributed by atoms with van der Waals surface area (Å²) in [7, 11) is -1.77. The Morgan fingerprint density at radius 2 is 1.93 bits per heavy atom. The largest absolute Gasteiger partial charge is 0.489 e. The van der Waals surface area contributed by atoms with Crippen LogP contribution in [0.15, 0.2) is 60.2 Å². The van der Waals surface area contributed by atoms with E-state index in [4.69, 9.17) is 0 Å². The number of aldehydes is 1. The number of aromatic nitrogens is 1. The number of nitrogens with zero attached hydrogens (tertiary/aromatic N) is 2. The molecule has 2 heterocycles. The van der Waals surface area contributed by atoms with Gasteiger partial charge < -0.3 is 14.9 Å². The van der Waals surface area contributed by atoms with Crippen LogP contribution in [0.2, 0.25) is 0 Å². The van der Waals surface area contributed by atoms with Crippen molar-refractivity contribution >= 4 is 36.1 Å². The third-order valence-corrected chi connectivity index (χ3v) is 4.94. The van der Waals surface area contributed by atoms with Crippen molar-refractivity contribution in [2.24, 2.45) is 0 Å². The summed E-state index contributed by atoms with van der Waals surface area (Å²) < 4.78 is 0. The van der Waals surface area contributed by atoms with E-state index in [-0.39, 0.29) is 16.9 Å². The van der Waals surface area contributed by atoms with E-state index >= 15 is 0 Å². The Morgan fingerprint density at radius 1 is 1.15 bits per heavy atom. The van der Waals surface area contributed by atoms with Gasteiger partial charge in [-0.25, -0.2) is 0 Å². The molecule has 0 atom stereocenters. The minimum Gasteiger partial charge on any atom is -0.423 e. The van der Waals surface area contributed by atoms with Crippen molar-refractivity contribution < 1.29 is 19.6 Å². The third kappa shape index (κ3) is 4.68. The highest BCUT2D eigenvalue weighted by atomic mass is 32.1. The van der Waals surface area contributed by atoms with Crippen molar-refractivity contribution in [3.05, 3.63) is 81.8 Å². The van der Waals surface area contributed by atoms with Gasteiger partial charge in [-0.1, -0.05) is 12.1 Å². The molecule has 0 radical (unpaired) electrons. The maximum atomic E-state index is 13.1. The predicted octanol–water partition coefficient (Wildman–Crippen LogP) is 1.48. The normalized spacial score (nSPS) is 10.4. The molecule has 0 fully saturated rings. The standard InChI is InChI=1S/C19H17BN2O4S/c23-13-16-10-15(3-4-18(16)20(25)26)19(24)22(12-17-2-1-9-27-17)11-14-5-7-21-8-6-14/h1-10,13,25-26H,11-12H2. The van der Waals surface area contributed by atoms with Crippen LogP contribution in [0.25, 0.3) is 0 Å². The van der Waals surface area contributed by atoms with E-state index in [1.165, 1.54) is 18.2 Å². The second-order valence-corrected chi connectivity index (χ2v) is 6.96. The first-order chi connectivity index (χ1) is 13.1. The first-order valence-electron chi connectivity index (χ1n) is 8.24. The number of thiophene rings is 1. The molecule has 0 saturated carbocycles. The molecule has 8 heteroatoms. The van der Waals surface area contributed by atoms with Crippen LogP contribution in [-0.4, -0.2) is 39.2 Å². The lowest BCUT2D eigenvalue weighted by atomic mass is 9.77. The van der Waals surface area contributed by atoms with Gasteiger partial charge in [-0.15, -0.1) is 11.3 Å². The summed E-state index contributed by atoms with van der Waals surface area (Å²) in [4.78, 5) is 31.1. The van der Waals surface area contributed by atoms with E-state index in [9.17, 15) is 19.6 Å². The SMILES string of the molecule is O=Cc1cc(C(=O)N(Cc2ccncc2)Cc2cccs2)ccc1B(O)O. The van der Waals surface area contributed by atoms with Crippen LogP contribution >= 0.6 is 11.3 Å². The Labute approximate surface area is 160 Å². The summed E-state index contributed by atoms with van der Waals surface area (Å²) in [5, 5.41) is 20.6. The first-order valence-corrected chi connectivity index (χ1v) is 9.12. The number of amides is 1. The lowest BCUT2D eigenvalue weighted by molar-refractivity contribution is 0.0731. The molecule has 0 aliphatic carbocycles. The minimum absolute atomic E-state index is 0.0699. The van der Waals surface area contributed by atoms with Crippen LogP contribution in [0.5, 0.6) is 0 Å². The van der Waals surface area contributed by atoms with Gasteiger partial charge in [0.1, 0.15) is 6.29 Å². The van der Waals surface area contributed by atoms with Crippen LogP contribution in [0.4, 0.5) is 0 Å². The summed E-state index contributed by atoms with van der Waals surface area (Å²) >= 11 is 1.56. The molecule has 1 amide bonds. The van der Waals surface area contributed by atoms with Crippen molar-refractivity contribution in [1.29, 1.82) is 0 Å². The molecule has 1 aromatic carbocycles. The van der Waals surface area contributed by atoms with Crippen LogP contribution in [-0.2, 0) is 13.1 Å². The average Bonchev–Trinajstić information content (AvgIpc) is 3.20. The number of benzene rings is 1. The summed E-state index contributed by atoms with van der Waals surface area (Å²) in [6.07, 6.45) is 3.86. The van der Waals surface area contributed by atoms with Crippen LogP contribution in [0.3, 0.4) is 0 Å². The molecule has 2 N–H and O–H groups in total. The molecule has 6 nitrogen and oxygen atoms in total. The van der Waals surface area contributed by atoms with Gasteiger partial charge in [0.05, 0.1) is 6.54 Å². The molecule has 0 saturated heterocycles. The molecule has 0 aliphatic rings. The molecule has 0 spiro atoms. The van der Waals surface area contributed by atoms with E-state index in [0.29, 0.717) is 24.9 Å². The number of carbonyl (C=O) groups is 2. The second-order valence-electron chi connectivity index (χ2n) is 5.93. The van der Waals surface area contributed by atoms with Gasteiger partial charge in [0, 0.05) is 34.9 Å². The number of hydrogen-bond acceptors (Lipinski definition) is 6. The van der Waals surface area contributed by atoms with Gasteiger partial charge in [0.15, 0.2) is 0 Å². The van der Waals surface area contributed by atoms with Crippen LogP contribution in [0, 0.1) is 0 Å². The summed E-state index contributed by atoms with van der Waals surface area (Å²) in [6.45, 7) is 0.819. The van der Waals surface area contributed by atoms with Gasteiger partial charge in [0.25, 0.3) is 5.91 Å². The van der Waals surface area contributed by atoms with Gasteiger partial charge in [0.2, 0.25) is 0 Å².